The van der Waals surface area contributed by atoms with Crippen molar-refractivity contribution in [1.82, 2.24) is 5.16 Å². The summed E-state index contributed by atoms with van der Waals surface area (Å²) < 4.78 is 4.86. The zero-order valence-electron chi connectivity index (χ0n) is 10.7. The molecule has 1 aromatic heterocycles. The van der Waals surface area contributed by atoms with Crippen molar-refractivity contribution in [3.05, 3.63) is 40.6 Å². The lowest BCUT2D eigenvalue weighted by Crippen LogP contribution is -2.22. The molecule has 2 aromatic rings. The normalized spacial score (nSPS) is 10.3. The summed E-state index contributed by atoms with van der Waals surface area (Å²) in [6.45, 7) is 3.78. The molecule has 0 radical (unpaired) electrons. The van der Waals surface area contributed by atoms with Crippen LogP contribution in [0, 0.1) is 13.8 Å². The monoisotopic (exact) mass is 279 g/mol. The van der Waals surface area contributed by atoms with Gasteiger partial charge in [0.2, 0.25) is 5.91 Å². The Bertz CT molecular complexity index is 595. The minimum absolute atomic E-state index is 0.132. The van der Waals surface area contributed by atoms with E-state index in [-0.39, 0.29) is 12.5 Å². The maximum absolute atomic E-state index is 11.7. The SMILES string of the molecule is Cc1cc(NC(=O)CNc2cccc(Cl)c2C)no1. The first-order chi connectivity index (χ1) is 9.06. The van der Waals surface area contributed by atoms with Crippen LogP contribution in [0.5, 0.6) is 0 Å². The lowest BCUT2D eigenvalue weighted by molar-refractivity contribution is -0.114. The van der Waals surface area contributed by atoms with Crippen molar-refractivity contribution in [2.24, 2.45) is 0 Å². The van der Waals surface area contributed by atoms with E-state index in [1.165, 1.54) is 0 Å². The van der Waals surface area contributed by atoms with E-state index in [0.29, 0.717) is 16.6 Å². The minimum atomic E-state index is -0.201. The maximum atomic E-state index is 11.7. The Kier molecular flexibility index (Phi) is 4.06. The number of nitrogens with zero attached hydrogens (tertiary/aromatic N) is 1. The maximum Gasteiger partial charge on any atom is 0.244 e. The molecule has 0 atom stereocenters. The van der Waals surface area contributed by atoms with Crippen molar-refractivity contribution >= 4 is 29.0 Å². The molecule has 1 aromatic carbocycles. The number of aryl methyl sites for hydroxylation is 1. The summed E-state index contributed by atoms with van der Waals surface area (Å²) in [5.41, 5.74) is 1.74. The third kappa shape index (κ3) is 3.48. The van der Waals surface area contributed by atoms with Gasteiger partial charge in [-0.3, -0.25) is 4.79 Å². The molecule has 100 valence electrons. The Morgan fingerprint density at radius 3 is 2.89 bits per heavy atom. The van der Waals surface area contributed by atoms with Gasteiger partial charge in [-0.1, -0.05) is 22.8 Å². The molecule has 0 bridgehead atoms. The molecule has 2 rings (SSSR count). The molecule has 0 saturated carbocycles. The van der Waals surface area contributed by atoms with Crippen LogP contribution < -0.4 is 10.6 Å². The topological polar surface area (TPSA) is 67.2 Å². The van der Waals surface area contributed by atoms with Crippen LogP contribution in [0.2, 0.25) is 5.02 Å². The van der Waals surface area contributed by atoms with Gasteiger partial charge in [0.15, 0.2) is 5.82 Å². The van der Waals surface area contributed by atoms with Gasteiger partial charge < -0.3 is 15.2 Å². The summed E-state index contributed by atoms with van der Waals surface area (Å²) >= 11 is 6.00. The standard InChI is InChI=1S/C13H14ClN3O2/c1-8-6-12(17-19-8)16-13(18)7-15-11-5-3-4-10(14)9(11)2/h3-6,15H,7H2,1-2H3,(H,16,17,18). The molecule has 1 amide bonds. The summed E-state index contributed by atoms with van der Waals surface area (Å²) in [5.74, 6) is 0.855. The number of amides is 1. The van der Waals surface area contributed by atoms with Crippen molar-refractivity contribution in [3.8, 4) is 0 Å². The molecule has 0 unspecified atom stereocenters. The van der Waals surface area contributed by atoms with Gasteiger partial charge >= 0.3 is 0 Å². The molecule has 0 fully saturated rings. The van der Waals surface area contributed by atoms with Gasteiger partial charge in [-0.15, -0.1) is 0 Å². The van der Waals surface area contributed by atoms with Crippen molar-refractivity contribution in [2.45, 2.75) is 13.8 Å². The van der Waals surface area contributed by atoms with Gasteiger partial charge in [-0.2, -0.15) is 0 Å². The molecule has 0 spiro atoms. The van der Waals surface area contributed by atoms with Crippen LogP contribution in [0.1, 0.15) is 11.3 Å². The number of rotatable bonds is 4. The number of carbonyl (C=O) groups excluding carboxylic acids is 1. The third-order valence-electron chi connectivity index (χ3n) is 2.60. The zero-order chi connectivity index (χ0) is 13.8. The second-order valence-corrected chi connectivity index (χ2v) is 4.54. The van der Waals surface area contributed by atoms with E-state index in [1.807, 2.05) is 19.1 Å². The highest BCUT2D eigenvalue weighted by molar-refractivity contribution is 6.31. The summed E-state index contributed by atoms with van der Waals surface area (Å²) in [5, 5.41) is 10.0. The van der Waals surface area contributed by atoms with Crippen molar-refractivity contribution in [1.29, 1.82) is 0 Å². The quantitative estimate of drug-likeness (QED) is 0.903. The molecular formula is C13H14ClN3O2. The van der Waals surface area contributed by atoms with E-state index in [2.05, 4.69) is 15.8 Å². The number of carbonyl (C=O) groups is 1. The van der Waals surface area contributed by atoms with Crippen molar-refractivity contribution in [2.75, 3.05) is 17.2 Å². The average molecular weight is 280 g/mol. The number of aromatic nitrogens is 1. The second-order valence-electron chi connectivity index (χ2n) is 4.14. The van der Waals surface area contributed by atoms with Gasteiger partial charge in [0.1, 0.15) is 5.76 Å². The smallest absolute Gasteiger partial charge is 0.244 e. The van der Waals surface area contributed by atoms with Gasteiger partial charge in [0, 0.05) is 16.8 Å². The molecule has 2 N–H and O–H groups in total. The molecule has 0 aliphatic heterocycles. The van der Waals surface area contributed by atoms with Crippen LogP contribution in [-0.2, 0) is 4.79 Å². The highest BCUT2D eigenvalue weighted by atomic mass is 35.5. The van der Waals surface area contributed by atoms with E-state index in [4.69, 9.17) is 16.1 Å². The molecule has 1 heterocycles. The lowest BCUT2D eigenvalue weighted by Gasteiger charge is -2.09. The van der Waals surface area contributed by atoms with E-state index in [1.54, 1.807) is 19.1 Å². The predicted octanol–water partition coefficient (Wildman–Crippen LogP) is 3.00. The van der Waals surface area contributed by atoms with Gasteiger partial charge in [-0.05, 0) is 31.5 Å². The average Bonchev–Trinajstić information content (AvgIpc) is 2.76. The van der Waals surface area contributed by atoms with Crippen LogP contribution >= 0.6 is 11.6 Å². The summed E-state index contributed by atoms with van der Waals surface area (Å²) in [6, 6.07) is 7.16. The molecule has 0 aliphatic rings. The van der Waals surface area contributed by atoms with Crippen LogP contribution in [0.4, 0.5) is 11.5 Å². The van der Waals surface area contributed by atoms with Crippen LogP contribution in [0.25, 0.3) is 0 Å². The van der Waals surface area contributed by atoms with Crippen LogP contribution in [-0.4, -0.2) is 17.6 Å². The number of halogens is 1. The Labute approximate surface area is 115 Å². The fourth-order valence-electron chi connectivity index (χ4n) is 1.59. The Hall–Kier alpha value is -2.01. The molecule has 0 aliphatic carbocycles. The van der Waals surface area contributed by atoms with E-state index in [0.717, 1.165) is 11.3 Å². The number of nitrogens with one attached hydrogen (secondary N) is 2. The summed E-state index contributed by atoms with van der Waals surface area (Å²) in [6.07, 6.45) is 0. The third-order valence-corrected chi connectivity index (χ3v) is 3.01. The Morgan fingerprint density at radius 2 is 2.21 bits per heavy atom. The molecule has 0 saturated heterocycles. The highest BCUT2D eigenvalue weighted by Crippen LogP contribution is 2.22. The summed E-state index contributed by atoms with van der Waals surface area (Å²) in [4.78, 5) is 11.7. The van der Waals surface area contributed by atoms with E-state index < -0.39 is 0 Å². The molecule has 6 heteroatoms. The number of hydrogen-bond donors (Lipinski definition) is 2. The minimum Gasteiger partial charge on any atom is -0.376 e. The fraction of sp³-hybridized carbons (Fsp3) is 0.231. The zero-order valence-corrected chi connectivity index (χ0v) is 11.4. The van der Waals surface area contributed by atoms with Crippen molar-refractivity contribution < 1.29 is 9.32 Å². The fourth-order valence-corrected chi connectivity index (χ4v) is 1.76. The Balaban J connectivity index is 1.91. The summed E-state index contributed by atoms with van der Waals surface area (Å²) in [7, 11) is 0. The van der Waals surface area contributed by atoms with E-state index >= 15 is 0 Å². The highest BCUT2D eigenvalue weighted by Gasteiger charge is 2.07. The Morgan fingerprint density at radius 1 is 1.42 bits per heavy atom. The molecule has 19 heavy (non-hydrogen) atoms. The predicted molar refractivity (Wildman–Crippen MR) is 74.5 cm³/mol. The van der Waals surface area contributed by atoms with Gasteiger partial charge in [0.05, 0.1) is 6.54 Å². The molecular weight excluding hydrogens is 266 g/mol. The van der Waals surface area contributed by atoms with Gasteiger partial charge in [0.25, 0.3) is 0 Å². The number of anilines is 2. The molecule has 5 nitrogen and oxygen atoms in total. The second kappa shape index (κ2) is 5.75. The lowest BCUT2D eigenvalue weighted by atomic mass is 10.2. The largest absolute Gasteiger partial charge is 0.376 e. The number of hydrogen-bond acceptors (Lipinski definition) is 4. The first-order valence-electron chi connectivity index (χ1n) is 5.78. The van der Waals surface area contributed by atoms with Crippen LogP contribution in [0.3, 0.4) is 0 Å². The van der Waals surface area contributed by atoms with Crippen molar-refractivity contribution in [3.63, 3.8) is 0 Å². The van der Waals surface area contributed by atoms with Crippen LogP contribution in [0.15, 0.2) is 28.8 Å². The van der Waals surface area contributed by atoms with Gasteiger partial charge in [-0.25, -0.2) is 0 Å². The number of benzene rings is 1. The van der Waals surface area contributed by atoms with E-state index in [9.17, 15) is 4.79 Å². The first kappa shape index (κ1) is 13.4. The first-order valence-corrected chi connectivity index (χ1v) is 6.16.